The van der Waals surface area contributed by atoms with Crippen LogP contribution in [-0.2, 0) is 28.8 Å². The molecule has 0 amide bonds. The van der Waals surface area contributed by atoms with Crippen LogP contribution in [-0.4, -0.2) is 89.2 Å². The zero-order valence-electron chi connectivity index (χ0n) is 14.5. The van der Waals surface area contributed by atoms with Crippen molar-refractivity contribution in [2.24, 2.45) is 0 Å². The quantitative estimate of drug-likeness (QED) is 0.241. The van der Waals surface area contributed by atoms with Gasteiger partial charge < -0.3 is 33.9 Å². The molecule has 0 fully saturated rings. The number of hydrogen-bond donors (Lipinski definition) is 2. The Morgan fingerprint density at radius 1 is 0.583 bits per heavy atom. The molecule has 0 saturated heterocycles. The summed E-state index contributed by atoms with van der Waals surface area (Å²) in [4.78, 5) is 0. The van der Waals surface area contributed by atoms with Crippen LogP contribution in [0.4, 0.5) is 0 Å². The Bertz CT molecular complexity index is 230. The smallest absolute Gasteiger partial charge is 0.191 e. The maximum atomic E-state index is 11.5. The molecule has 0 aromatic heterocycles. The molecule has 1 unspecified atom stereocenters. The van der Waals surface area contributed by atoms with Crippen molar-refractivity contribution in [3.8, 4) is 0 Å². The molecular formula is C16H33O8. The second-order valence-electron chi connectivity index (χ2n) is 5.05. The molecule has 0 aromatic carbocycles. The number of aliphatic hydroxyl groups excluding tert-OH is 2. The van der Waals surface area contributed by atoms with Crippen LogP contribution in [0.1, 0.15) is 25.7 Å². The molecule has 0 bridgehead atoms. The third-order valence-corrected chi connectivity index (χ3v) is 2.93. The number of ether oxygens (including phenoxy) is 5. The maximum Gasteiger partial charge on any atom is 0.191 e. The summed E-state index contributed by atoms with van der Waals surface area (Å²) in [5.41, 5.74) is 0. The van der Waals surface area contributed by atoms with E-state index in [1.807, 2.05) is 0 Å². The number of aliphatic hydroxyl groups is 2. The van der Waals surface area contributed by atoms with Gasteiger partial charge in [-0.15, -0.1) is 0 Å². The van der Waals surface area contributed by atoms with Crippen LogP contribution in [0.15, 0.2) is 0 Å². The van der Waals surface area contributed by atoms with Gasteiger partial charge in [-0.3, -0.25) is 0 Å². The highest BCUT2D eigenvalue weighted by atomic mass is 16.6. The fraction of sp³-hybridized carbons (Fsp3) is 1.00. The van der Waals surface area contributed by atoms with Gasteiger partial charge in [0.2, 0.25) is 0 Å². The first-order valence-electron chi connectivity index (χ1n) is 8.61. The molecule has 0 saturated carbocycles. The first-order valence-corrected chi connectivity index (χ1v) is 8.61. The van der Waals surface area contributed by atoms with E-state index in [0.717, 1.165) is 12.8 Å². The van der Waals surface area contributed by atoms with Crippen LogP contribution in [0.25, 0.3) is 0 Å². The molecule has 0 aromatic rings. The molecule has 24 heavy (non-hydrogen) atoms. The van der Waals surface area contributed by atoms with Gasteiger partial charge in [-0.1, -0.05) is 0 Å². The Kier molecular flexibility index (Phi) is 20.4. The first-order chi connectivity index (χ1) is 11.8. The van der Waals surface area contributed by atoms with Crippen LogP contribution in [0.3, 0.4) is 0 Å². The van der Waals surface area contributed by atoms with Crippen LogP contribution in [0.2, 0.25) is 0 Å². The highest BCUT2D eigenvalue weighted by Gasteiger charge is 2.05. The van der Waals surface area contributed by atoms with E-state index in [-0.39, 0.29) is 13.2 Å². The minimum Gasteiger partial charge on any atom is -0.394 e. The predicted molar refractivity (Wildman–Crippen MR) is 86.3 cm³/mol. The first kappa shape index (κ1) is 23.7. The van der Waals surface area contributed by atoms with E-state index in [1.165, 1.54) is 0 Å². The average Bonchev–Trinajstić information content (AvgIpc) is 2.59. The lowest BCUT2D eigenvalue weighted by Gasteiger charge is -2.10. The van der Waals surface area contributed by atoms with E-state index in [0.29, 0.717) is 72.3 Å². The van der Waals surface area contributed by atoms with Gasteiger partial charge in [-0.2, -0.15) is 0 Å². The van der Waals surface area contributed by atoms with Crippen LogP contribution in [0, 0.1) is 0 Å². The third-order valence-electron chi connectivity index (χ3n) is 2.93. The van der Waals surface area contributed by atoms with Crippen molar-refractivity contribution in [3.63, 3.8) is 0 Å². The SMILES string of the molecule is [O]C(CCCOCCOCCO)OCCCCOCCOCCO. The second kappa shape index (κ2) is 20.7. The normalized spacial score (nSPS) is 12.6. The van der Waals surface area contributed by atoms with Crippen molar-refractivity contribution in [1.82, 2.24) is 0 Å². The molecule has 0 spiro atoms. The number of rotatable bonds is 20. The van der Waals surface area contributed by atoms with E-state index in [4.69, 9.17) is 33.9 Å². The van der Waals surface area contributed by atoms with Crippen molar-refractivity contribution in [3.05, 3.63) is 0 Å². The summed E-state index contributed by atoms with van der Waals surface area (Å²) in [5, 5.41) is 28.5. The molecule has 2 N–H and O–H groups in total. The third kappa shape index (κ3) is 19.7. The van der Waals surface area contributed by atoms with Crippen LogP contribution in [0.5, 0.6) is 0 Å². The standard InChI is InChI=1S/C16H33O8/c17-5-10-22-14-12-20-7-1-2-9-24-16(19)4-3-8-21-13-15-23-11-6-18/h16-18H,1-15H2. The highest BCUT2D eigenvalue weighted by molar-refractivity contribution is 4.45. The van der Waals surface area contributed by atoms with Gasteiger partial charge in [-0.25, -0.2) is 5.11 Å². The van der Waals surface area contributed by atoms with Gasteiger partial charge >= 0.3 is 0 Å². The minimum atomic E-state index is -1.01. The topological polar surface area (TPSA) is 107 Å². The lowest BCUT2D eigenvalue weighted by molar-refractivity contribution is -0.146. The van der Waals surface area contributed by atoms with Gasteiger partial charge in [0.25, 0.3) is 0 Å². The Hall–Kier alpha value is -0.320. The van der Waals surface area contributed by atoms with Crippen LogP contribution < -0.4 is 0 Å². The van der Waals surface area contributed by atoms with Crippen LogP contribution >= 0.6 is 0 Å². The zero-order valence-corrected chi connectivity index (χ0v) is 14.5. The van der Waals surface area contributed by atoms with E-state index in [1.54, 1.807) is 0 Å². The molecule has 0 aliphatic rings. The van der Waals surface area contributed by atoms with Gasteiger partial charge in [0, 0.05) is 26.2 Å². The van der Waals surface area contributed by atoms with E-state index < -0.39 is 6.29 Å². The van der Waals surface area contributed by atoms with Gasteiger partial charge in [-0.05, 0) is 19.3 Å². The lowest BCUT2D eigenvalue weighted by atomic mass is 10.3. The largest absolute Gasteiger partial charge is 0.394 e. The van der Waals surface area contributed by atoms with Gasteiger partial charge in [0.1, 0.15) is 0 Å². The Morgan fingerprint density at radius 3 is 1.58 bits per heavy atom. The van der Waals surface area contributed by atoms with E-state index in [2.05, 4.69) is 0 Å². The fourth-order valence-electron chi connectivity index (χ4n) is 1.73. The average molecular weight is 353 g/mol. The Morgan fingerprint density at radius 2 is 1.04 bits per heavy atom. The predicted octanol–water partition coefficient (Wildman–Crippen LogP) is 0.371. The zero-order chi connectivity index (χ0) is 17.7. The second-order valence-corrected chi connectivity index (χ2v) is 5.05. The molecule has 0 rings (SSSR count). The Balaban J connectivity index is 3.11. The summed E-state index contributed by atoms with van der Waals surface area (Å²) in [6.07, 6.45) is 1.70. The number of hydrogen-bond acceptors (Lipinski definition) is 7. The highest BCUT2D eigenvalue weighted by Crippen LogP contribution is 2.02. The van der Waals surface area contributed by atoms with Gasteiger partial charge in [0.15, 0.2) is 6.29 Å². The molecular weight excluding hydrogens is 320 g/mol. The molecule has 8 heteroatoms. The fourth-order valence-corrected chi connectivity index (χ4v) is 1.73. The summed E-state index contributed by atoms with van der Waals surface area (Å²) < 4.78 is 25.9. The summed E-state index contributed by atoms with van der Waals surface area (Å²) in [6, 6.07) is 0. The molecule has 8 nitrogen and oxygen atoms in total. The summed E-state index contributed by atoms with van der Waals surface area (Å²) in [7, 11) is 0. The monoisotopic (exact) mass is 353 g/mol. The maximum absolute atomic E-state index is 11.5. The Labute approximate surface area is 144 Å². The molecule has 145 valence electrons. The molecule has 0 heterocycles. The molecule has 1 atom stereocenters. The molecule has 0 aliphatic heterocycles. The van der Waals surface area contributed by atoms with Crippen molar-refractivity contribution in [1.29, 1.82) is 0 Å². The van der Waals surface area contributed by atoms with Crippen molar-refractivity contribution < 1.29 is 39.0 Å². The minimum absolute atomic E-state index is 0.0143. The summed E-state index contributed by atoms with van der Waals surface area (Å²) >= 11 is 0. The van der Waals surface area contributed by atoms with Crippen molar-refractivity contribution >= 4 is 0 Å². The molecule has 0 aliphatic carbocycles. The van der Waals surface area contributed by atoms with E-state index >= 15 is 0 Å². The van der Waals surface area contributed by atoms with Crippen molar-refractivity contribution in [2.45, 2.75) is 32.0 Å². The lowest BCUT2D eigenvalue weighted by Crippen LogP contribution is -2.14. The number of unbranched alkanes of at least 4 members (excludes halogenated alkanes) is 1. The summed E-state index contributed by atoms with van der Waals surface area (Å²) in [6.45, 7) is 4.17. The van der Waals surface area contributed by atoms with Gasteiger partial charge in [0.05, 0.1) is 52.9 Å². The van der Waals surface area contributed by atoms with E-state index in [9.17, 15) is 5.11 Å². The van der Waals surface area contributed by atoms with Crippen molar-refractivity contribution in [2.75, 3.05) is 72.7 Å². The molecule has 1 radical (unpaired) electrons. The summed E-state index contributed by atoms with van der Waals surface area (Å²) in [5.74, 6) is 0.